The van der Waals surface area contributed by atoms with Gasteiger partial charge in [-0.15, -0.1) is 22.7 Å². The second-order valence-electron chi connectivity index (χ2n) is 7.33. The van der Waals surface area contributed by atoms with Crippen LogP contribution in [0.3, 0.4) is 0 Å². The van der Waals surface area contributed by atoms with E-state index in [2.05, 4.69) is 0 Å². The van der Waals surface area contributed by atoms with Crippen molar-refractivity contribution >= 4 is 45.9 Å². The molecule has 0 bridgehead atoms. The predicted molar refractivity (Wildman–Crippen MR) is 128 cm³/mol. The maximum Gasteiger partial charge on any atom is 0.262 e. The van der Waals surface area contributed by atoms with E-state index in [1.54, 1.807) is 34.8 Å². The van der Waals surface area contributed by atoms with E-state index in [1.165, 1.54) is 0 Å². The number of primary amides is 1. The average molecular weight is 469 g/mol. The first kappa shape index (κ1) is 22.0. The quantitative estimate of drug-likeness (QED) is 0.516. The number of nitrogens with two attached hydrogens (primary N) is 1. The SMILES string of the molecule is COc1ccc(N(CCC(N)=O)CC(=O)N2N=C(c3cccs3)C[C@@H]2c2cccs2)cc1. The lowest BCUT2D eigenvalue weighted by molar-refractivity contribution is -0.131. The molecule has 0 aliphatic carbocycles. The van der Waals surface area contributed by atoms with Gasteiger partial charge in [-0.3, -0.25) is 9.59 Å². The Kier molecular flexibility index (Phi) is 6.87. The van der Waals surface area contributed by atoms with Gasteiger partial charge < -0.3 is 15.4 Å². The van der Waals surface area contributed by atoms with Gasteiger partial charge >= 0.3 is 0 Å². The number of hydrogen-bond donors (Lipinski definition) is 1. The number of anilines is 1. The Morgan fingerprint density at radius 1 is 1.16 bits per heavy atom. The molecule has 0 radical (unpaired) electrons. The van der Waals surface area contributed by atoms with Crippen LogP contribution in [0.4, 0.5) is 5.69 Å². The first-order valence-electron chi connectivity index (χ1n) is 10.2. The van der Waals surface area contributed by atoms with Crippen LogP contribution in [0.25, 0.3) is 0 Å². The third-order valence-corrected chi connectivity index (χ3v) is 7.13. The first-order valence-corrected chi connectivity index (χ1v) is 11.9. The number of carbonyl (C=O) groups excluding carboxylic acids is 2. The van der Waals surface area contributed by atoms with Crippen molar-refractivity contribution in [2.45, 2.75) is 18.9 Å². The van der Waals surface area contributed by atoms with Crippen LogP contribution in [-0.2, 0) is 9.59 Å². The lowest BCUT2D eigenvalue weighted by atomic mass is 10.1. The summed E-state index contributed by atoms with van der Waals surface area (Å²) >= 11 is 3.24. The van der Waals surface area contributed by atoms with Crippen molar-refractivity contribution in [3.05, 3.63) is 69.0 Å². The summed E-state index contributed by atoms with van der Waals surface area (Å²) in [7, 11) is 1.60. The van der Waals surface area contributed by atoms with Crippen LogP contribution in [0.15, 0.2) is 64.4 Å². The number of rotatable bonds is 9. The zero-order chi connectivity index (χ0) is 22.5. The number of amides is 2. The van der Waals surface area contributed by atoms with Crippen molar-refractivity contribution in [2.24, 2.45) is 10.8 Å². The van der Waals surface area contributed by atoms with Crippen LogP contribution in [0.5, 0.6) is 5.75 Å². The highest BCUT2D eigenvalue weighted by atomic mass is 32.1. The topological polar surface area (TPSA) is 88.2 Å². The Hall–Kier alpha value is -3.17. The smallest absolute Gasteiger partial charge is 0.262 e. The van der Waals surface area contributed by atoms with Gasteiger partial charge in [0.25, 0.3) is 5.91 Å². The lowest BCUT2D eigenvalue weighted by Gasteiger charge is -2.27. The number of ether oxygens (including phenoxy) is 1. The number of benzene rings is 1. The van der Waals surface area contributed by atoms with Crippen LogP contribution in [0.2, 0.25) is 0 Å². The van der Waals surface area contributed by atoms with Crippen LogP contribution in [0.1, 0.15) is 28.6 Å². The maximum atomic E-state index is 13.5. The Morgan fingerprint density at radius 2 is 1.91 bits per heavy atom. The summed E-state index contributed by atoms with van der Waals surface area (Å²) in [6, 6.07) is 15.3. The summed E-state index contributed by atoms with van der Waals surface area (Å²) in [4.78, 5) is 28.9. The molecule has 3 aromatic rings. The van der Waals surface area contributed by atoms with Gasteiger partial charge in [0.15, 0.2) is 0 Å². The van der Waals surface area contributed by atoms with Gasteiger partial charge in [0, 0.05) is 30.0 Å². The summed E-state index contributed by atoms with van der Waals surface area (Å²) in [5, 5.41) is 10.3. The number of nitrogens with zero attached hydrogens (tertiary/aromatic N) is 3. The predicted octanol–water partition coefficient (Wildman–Crippen LogP) is 3.88. The molecule has 2 N–H and O–H groups in total. The molecule has 9 heteroatoms. The zero-order valence-corrected chi connectivity index (χ0v) is 19.3. The highest BCUT2D eigenvalue weighted by molar-refractivity contribution is 7.12. The molecule has 1 aromatic carbocycles. The van der Waals surface area contributed by atoms with E-state index in [0.717, 1.165) is 26.9 Å². The molecule has 2 amide bonds. The Labute approximate surface area is 194 Å². The third kappa shape index (κ3) is 5.00. The van der Waals surface area contributed by atoms with E-state index in [1.807, 2.05) is 64.2 Å². The lowest BCUT2D eigenvalue weighted by Crippen LogP contribution is -2.39. The van der Waals surface area contributed by atoms with Crippen molar-refractivity contribution in [1.82, 2.24) is 5.01 Å². The van der Waals surface area contributed by atoms with E-state index in [-0.39, 0.29) is 24.9 Å². The Morgan fingerprint density at radius 3 is 2.53 bits per heavy atom. The molecule has 0 fully saturated rings. The molecule has 166 valence electrons. The van der Waals surface area contributed by atoms with Gasteiger partial charge in [0.2, 0.25) is 5.91 Å². The minimum absolute atomic E-state index is 0.0860. The summed E-state index contributed by atoms with van der Waals surface area (Å²) < 4.78 is 5.23. The highest BCUT2D eigenvalue weighted by Gasteiger charge is 2.34. The highest BCUT2D eigenvalue weighted by Crippen LogP contribution is 2.36. The Balaban J connectivity index is 1.58. The number of thiophene rings is 2. The van der Waals surface area contributed by atoms with E-state index in [4.69, 9.17) is 15.6 Å². The van der Waals surface area contributed by atoms with Crippen LogP contribution < -0.4 is 15.4 Å². The molecule has 1 atom stereocenters. The first-order chi connectivity index (χ1) is 15.5. The minimum atomic E-state index is -0.411. The summed E-state index contributed by atoms with van der Waals surface area (Å²) in [6.45, 7) is 0.426. The fourth-order valence-electron chi connectivity index (χ4n) is 3.61. The minimum Gasteiger partial charge on any atom is -0.497 e. The second kappa shape index (κ2) is 9.97. The summed E-state index contributed by atoms with van der Waals surface area (Å²) in [5.74, 6) is 0.180. The molecule has 3 heterocycles. The maximum absolute atomic E-state index is 13.5. The average Bonchev–Trinajstić information content (AvgIpc) is 3.56. The van der Waals surface area contributed by atoms with Gasteiger partial charge in [0.05, 0.1) is 30.3 Å². The fourth-order valence-corrected chi connectivity index (χ4v) is 5.14. The van der Waals surface area contributed by atoms with E-state index in [9.17, 15) is 9.59 Å². The van der Waals surface area contributed by atoms with Crippen LogP contribution in [0, 0.1) is 0 Å². The molecule has 0 saturated heterocycles. The standard InChI is InChI=1S/C23H24N4O3S2/c1-30-17-8-6-16(7-9-17)26(11-10-22(24)28)15-23(29)27-19(21-5-3-13-32-21)14-18(25-27)20-4-2-12-31-20/h2-9,12-13,19H,10-11,14-15H2,1H3,(H2,24,28)/t19-/m1/s1. The molecule has 2 aromatic heterocycles. The van der Waals surface area contributed by atoms with E-state index >= 15 is 0 Å². The van der Waals surface area contributed by atoms with Gasteiger partial charge in [0.1, 0.15) is 5.75 Å². The van der Waals surface area contributed by atoms with Crippen molar-refractivity contribution in [1.29, 1.82) is 0 Å². The largest absolute Gasteiger partial charge is 0.497 e. The Bertz CT molecular complexity index is 1080. The van der Waals surface area contributed by atoms with Crippen LogP contribution in [-0.4, -0.2) is 42.7 Å². The van der Waals surface area contributed by atoms with Gasteiger partial charge in [-0.05, 0) is 47.2 Å². The molecule has 0 saturated carbocycles. The van der Waals surface area contributed by atoms with Gasteiger partial charge in [-0.1, -0.05) is 12.1 Å². The fraction of sp³-hybridized carbons (Fsp3) is 0.261. The molecule has 1 aliphatic heterocycles. The molecule has 32 heavy (non-hydrogen) atoms. The van der Waals surface area contributed by atoms with E-state index < -0.39 is 5.91 Å². The number of hydrogen-bond acceptors (Lipinski definition) is 7. The summed E-state index contributed by atoms with van der Waals surface area (Å²) in [5.41, 5.74) is 7.11. The van der Waals surface area contributed by atoms with Crippen LogP contribution >= 0.6 is 22.7 Å². The molecule has 7 nitrogen and oxygen atoms in total. The third-order valence-electron chi connectivity index (χ3n) is 5.23. The molecule has 4 rings (SSSR count). The number of methoxy groups -OCH3 is 1. The van der Waals surface area contributed by atoms with Crippen molar-refractivity contribution in [3.8, 4) is 5.75 Å². The van der Waals surface area contributed by atoms with Gasteiger partial charge in [-0.25, -0.2) is 5.01 Å². The number of carbonyl (C=O) groups is 2. The van der Waals surface area contributed by atoms with Crippen molar-refractivity contribution < 1.29 is 14.3 Å². The monoisotopic (exact) mass is 468 g/mol. The van der Waals surface area contributed by atoms with Crippen molar-refractivity contribution in [2.75, 3.05) is 25.1 Å². The molecular formula is C23H24N4O3S2. The normalized spacial score (nSPS) is 15.5. The second-order valence-corrected chi connectivity index (χ2v) is 9.26. The number of hydrazone groups is 1. The summed E-state index contributed by atoms with van der Waals surface area (Å²) in [6.07, 6.45) is 0.827. The zero-order valence-electron chi connectivity index (χ0n) is 17.6. The van der Waals surface area contributed by atoms with Crippen molar-refractivity contribution in [3.63, 3.8) is 0 Å². The molecular weight excluding hydrogens is 444 g/mol. The van der Waals surface area contributed by atoms with E-state index in [0.29, 0.717) is 13.0 Å². The molecule has 1 aliphatic rings. The van der Waals surface area contributed by atoms with Gasteiger partial charge in [-0.2, -0.15) is 5.10 Å². The molecule has 0 spiro atoms. The molecule has 0 unspecified atom stereocenters.